The first-order chi connectivity index (χ1) is 14.7. The number of unbranched alkanes of at least 4 members (excludes halogenated alkanes) is 2. The van der Waals surface area contributed by atoms with Crippen molar-refractivity contribution in [2.45, 2.75) is 77.0 Å². The van der Waals surface area contributed by atoms with Crippen LogP contribution in [0.25, 0.3) is 0 Å². The SMILES string of the molecule is CCCCCC1CCC(c2ccc(Cc3cc(F)c(OC(F)(F)F)c(F)c3)cc2)CC1. The fraction of sp³-hybridized carbons (Fsp3) is 0.520. The Morgan fingerprint density at radius 3 is 2.03 bits per heavy atom. The zero-order chi connectivity index (χ0) is 22.4. The summed E-state index contributed by atoms with van der Waals surface area (Å²) in [4.78, 5) is 0. The molecular formula is C25H29F5O. The molecule has 1 nitrogen and oxygen atoms in total. The zero-order valence-corrected chi connectivity index (χ0v) is 17.8. The first kappa shape index (κ1) is 23.6. The third-order valence-corrected chi connectivity index (χ3v) is 6.20. The van der Waals surface area contributed by atoms with Gasteiger partial charge in [0.2, 0.25) is 5.75 Å². The molecule has 1 fully saturated rings. The van der Waals surface area contributed by atoms with E-state index in [2.05, 4.69) is 23.8 Å². The van der Waals surface area contributed by atoms with Crippen molar-refractivity contribution in [3.8, 4) is 5.75 Å². The van der Waals surface area contributed by atoms with Gasteiger partial charge in [0.05, 0.1) is 0 Å². The molecule has 0 spiro atoms. The number of alkyl halides is 3. The van der Waals surface area contributed by atoms with Crippen LogP contribution in [0, 0.1) is 17.6 Å². The minimum Gasteiger partial charge on any atom is -0.399 e. The molecule has 170 valence electrons. The highest BCUT2D eigenvalue weighted by Crippen LogP contribution is 2.38. The number of hydrogen-bond acceptors (Lipinski definition) is 1. The smallest absolute Gasteiger partial charge is 0.399 e. The van der Waals surface area contributed by atoms with Crippen LogP contribution < -0.4 is 4.74 Å². The van der Waals surface area contributed by atoms with Crippen LogP contribution in [0.1, 0.15) is 80.9 Å². The van der Waals surface area contributed by atoms with E-state index in [0.717, 1.165) is 23.6 Å². The molecule has 0 bridgehead atoms. The van der Waals surface area contributed by atoms with Gasteiger partial charge < -0.3 is 4.74 Å². The molecule has 0 amide bonds. The summed E-state index contributed by atoms with van der Waals surface area (Å²) < 4.78 is 68.1. The summed E-state index contributed by atoms with van der Waals surface area (Å²) in [7, 11) is 0. The number of benzene rings is 2. The van der Waals surface area contributed by atoms with Gasteiger partial charge in [-0.15, -0.1) is 13.2 Å². The summed E-state index contributed by atoms with van der Waals surface area (Å²) in [5, 5.41) is 0. The quantitative estimate of drug-likeness (QED) is 0.296. The van der Waals surface area contributed by atoms with Crippen LogP contribution in [0.5, 0.6) is 5.75 Å². The standard InChI is InChI=1S/C25H29F5O/c1-2-3-4-5-17-6-10-20(11-7-17)21-12-8-18(9-13-21)14-19-15-22(26)24(23(27)16-19)31-25(28,29)30/h8-9,12-13,15-17,20H,2-7,10-11,14H2,1H3. The second kappa shape index (κ2) is 10.5. The molecule has 1 saturated carbocycles. The Bertz CT molecular complexity index is 813. The van der Waals surface area contributed by atoms with Gasteiger partial charge in [-0.1, -0.05) is 56.9 Å². The lowest BCUT2D eigenvalue weighted by molar-refractivity contribution is -0.276. The number of hydrogen-bond donors (Lipinski definition) is 0. The highest BCUT2D eigenvalue weighted by Gasteiger charge is 2.34. The van der Waals surface area contributed by atoms with Gasteiger partial charge >= 0.3 is 6.36 Å². The van der Waals surface area contributed by atoms with Crippen molar-refractivity contribution in [2.24, 2.45) is 5.92 Å². The first-order valence-corrected chi connectivity index (χ1v) is 11.1. The lowest BCUT2D eigenvalue weighted by Gasteiger charge is -2.29. The molecule has 0 atom stereocenters. The van der Waals surface area contributed by atoms with Gasteiger partial charge in [-0.25, -0.2) is 8.78 Å². The Kier molecular flexibility index (Phi) is 7.95. The average Bonchev–Trinajstić information content (AvgIpc) is 2.72. The lowest BCUT2D eigenvalue weighted by Crippen LogP contribution is -2.19. The summed E-state index contributed by atoms with van der Waals surface area (Å²) in [5.74, 6) is -2.75. The highest BCUT2D eigenvalue weighted by atomic mass is 19.4. The van der Waals surface area contributed by atoms with Crippen molar-refractivity contribution in [3.05, 3.63) is 64.7 Å². The van der Waals surface area contributed by atoms with Crippen molar-refractivity contribution in [2.75, 3.05) is 0 Å². The van der Waals surface area contributed by atoms with Gasteiger partial charge in [-0.05, 0) is 72.8 Å². The minimum absolute atomic E-state index is 0.227. The largest absolute Gasteiger partial charge is 0.573 e. The van der Waals surface area contributed by atoms with Crippen molar-refractivity contribution in [1.82, 2.24) is 0 Å². The van der Waals surface area contributed by atoms with Gasteiger partial charge in [0.15, 0.2) is 11.6 Å². The Labute approximate surface area is 180 Å². The topological polar surface area (TPSA) is 9.23 Å². The fourth-order valence-corrected chi connectivity index (χ4v) is 4.54. The molecule has 2 aromatic carbocycles. The summed E-state index contributed by atoms with van der Waals surface area (Å²) in [6.07, 6.45) is 5.21. The van der Waals surface area contributed by atoms with Crippen molar-refractivity contribution in [3.63, 3.8) is 0 Å². The molecule has 0 N–H and O–H groups in total. The van der Waals surface area contributed by atoms with E-state index in [0.29, 0.717) is 5.92 Å². The first-order valence-electron chi connectivity index (χ1n) is 11.1. The van der Waals surface area contributed by atoms with Crippen LogP contribution >= 0.6 is 0 Å². The predicted molar refractivity (Wildman–Crippen MR) is 111 cm³/mol. The number of ether oxygens (including phenoxy) is 1. The molecule has 0 saturated heterocycles. The van der Waals surface area contributed by atoms with Gasteiger partial charge in [0.25, 0.3) is 0 Å². The molecule has 0 unspecified atom stereocenters. The molecule has 31 heavy (non-hydrogen) atoms. The van der Waals surface area contributed by atoms with E-state index < -0.39 is 23.7 Å². The number of rotatable bonds is 8. The monoisotopic (exact) mass is 440 g/mol. The maximum atomic E-state index is 13.9. The molecule has 2 aromatic rings. The van der Waals surface area contributed by atoms with E-state index >= 15 is 0 Å². The molecule has 0 aliphatic heterocycles. The summed E-state index contributed by atoms with van der Waals surface area (Å²) in [5.41, 5.74) is 2.38. The van der Waals surface area contributed by atoms with Crippen LogP contribution in [0.15, 0.2) is 36.4 Å². The Balaban J connectivity index is 1.58. The Morgan fingerprint density at radius 1 is 0.871 bits per heavy atom. The van der Waals surface area contributed by atoms with Crippen LogP contribution in [-0.2, 0) is 6.42 Å². The molecule has 0 heterocycles. The maximum Gasteiger partial charge on any atom is 0.573 e. The Hall–Kier alpha value is -2.11. The van der Waals surface area contributed by atoms with E-state index in [1.165, 1.54) is 56.9 Å². The van der Waals surface area contributed by atoms with E-state index in [-0.39, 0.29) is 12.0 Å². The Morgan fingerprint density at radius 2 is 1.48 bits per heavy atom. The molecule has 1 aliphatic rings. The minimum atomic E-state index is -5.15. The third kappa shape index (κ3) is 6.94. The fourth-order valence-electron chi connectivity index (χ4n) is 4.54. The van der Waals surface area contributed by atoms with Gasteiger partial charge in [0.1, 0.15) is 0 Å². The van der Waals surface area contributed by atoms with Crippen molar-refractivity contribution < 1.29 is 26.7 Å². The third-order valence-electron chi connectivity index (χ3n) is 6.20. The van der Waals surface area contributed by atoms with Crippen LogP contribution in [-0.4, -0.2) is 6.36 Å². The maximum absolute atomic E-state index is 13.9. The van der Waals surface area contributed by atoms with Crippen molar-refractivity contribution in [1.29, 1.82) is 0 Å². The highest BCUT2D eigenvalue weighted by molar-refractivity contribution is 5.35. The van der Waals surface area contributed by atoms with Gasteiger partial charge in [-0.3, -0.25) is 0 Å². The lowest BCUT2D eigenvalue weighted by atomic mass is 9.77. The van der Waals surface area contributed by atoms with Crippen LogP contribution in [0.3, 0.4) is 0 Å². The molecule has 0 aromatic heterocycles. The van der Waals surface area contributed by atoms with E-state index in [9.17, 15) is 22.0 Å². The molecule has 3 rings (SSSR count). The number of halogens is 5. The zero-order valence-electron chi connectivity index (χ0n) is 17.8. The average molecular weight is 440 g/mol. The molecule has 1 aliphatic carbocycles. The predicted octanol–water partition coefficient (Wildman–Crippen LogP) is 8.31. The molecule has 0 radical (unpaired) electrons. The van der Waals surface area contributed by atoms with Crippen molar-refractivity contribution >= 4 is 0 Å². The van der Waals surface area contributed by atoms with E-state index in [4.69, 9.17) is 0 Å². The normalized spacial score (nSPS) is 19.4. The second-order valence-corrected chi connectivity index (χ2v) is 8.57. The second-order valence-electron chi connectivity index (χ2n) is 8.57. The summed E-state index contributed by atoms with van der Waals surface area (Å²) in [6, 6.07) is 9.75. The summed E-state index contributed by atoms with van der Waals surface area (Å²) in [6.45, 7) is 2.23. The van der Waals surface area contributed by atoms with Crippen LogP contribution in [0.4, 0.5) is 22.0 Å². The van der Waals surface area contributed by atoms with E-state index in [1.54, 1.807) is 0 Å². The molecular weight excluding hydrogens is 411 g/mol. The van der Waals surface area contributed by atoms with Gasteiger partial charge in [0, 0.05) is 0 Å². The van der Waals surface area contributed by atoms with Crippen LogP contribution in [0.2, 0.25) is 0 Å². The van der Waals surface area contributed by atoms with Gasteiger partial charge in [-0.2, -0.15) is 0 Å². The summed E-state index contributed by atoms with van der Waals surface area (Å²) >= 11 is 0. The molecule has 6 heteroatoms. The van der Waals surface area contributed by atoms with E-state index in [1.807, 2.05) is 12.1 Å².